The number of aryl methyl sites for hydroxylation is 2. The Balaban J connectivity index is 2.30. The van der Waals surface area contributed by atoms with E-state index in [-0.39, 0.29) is 0 Å². The van der Waals surface area contributed by atoms with E-state index in [2.05, 4.69) is 15.4 Å². The first kappa shape index (κ1) is 11.0. The summed E-state index contributed by atoms with van der Waals surface area (Å²) in [4.78, 5) is 9.35. The first-order valence-corrected chi connectivity index (χ1v) is 5.54. The summed E-state index contributed by atoms with van der Waals surface area (Å²) < 4.78 is 5.23. The van der Waals surface area contributed by atoms with Crippen molar-refractivity contribution in [3.8, 4) is 0 Å². The number of nitrogens with one attached hydrogen (secondary N) is 1. The highest BCUT2D eigenvalue weighted by Gasteiger charge is 2.08. The van der Waals surface area contributed by atoms with Gasteiger partial charge in [0.15, 0.2) is 0 Å². The second-order valence-electron chi connectivity index (χ2n) is 3.27. The highest BCUT2D eigenvalue weighted by Crippen LogP contribution is 2.31. The number of nitrogens with two attached hydrogens (primary N) is 1. The van der Waals surface area contributed by atoms with Crippen LogP contribution in [0.15, 0.2) is 32.9 Å². The standard InChI is InChI=1S/C10H12N4OS/c1-6-5-12-10(14-11)13-9(6)16-8-3-4-15-7(8)2/h3-5H,11H2,1-2H3,(H,12,13,14). The van der Waals surface area contributed by atoms with Gasteiger partial charge < -0.3 is 4.42 Å². The molecule has 0 aliphatic carbocycles. The van der Waals surface area contributed by atoms with Crippen molar-refractivity contribution in [3.63, 3.8) is 0 Å². The molecule has 0 amide bonds. The fraction of sp³-hybridized carbons (Fsp3) is 0.200. The molecule has 2 aromatic heterocycles. The third-order valence-electron chi connectivity index (χ3n) is 2.07. The van der Waals surface area contributed by atoms with Crippen molar-refractivity contribution >= 4 is 17.7 Å². The highest BCUT2D eigenvalue weighted by molar-refractivity contribution is 7.99. The second kappa shape index (κ2) is 4.54. The molecule has 0 saturated carbocycles. The molecule has 0 bridgehead atoms. The van der Waals surface area contributed by atoms with Crippen LogP contribution in [-0.4, -0.2) is 9.97 Å². The molecule has 6 heteroatoms. The van der Waals surface area contributed by atoms with Gasteiger partial charge in [-0.1, -0.05) is 11.8 Å². The van der Waals surface area contributed by atoms with Crippen LogP contribution in [0, 0.1) is 13.8 Å². The number of furan rings is 1. The Kier molecular flexibility index (Phi) is 3.12. The van der Waals surface area contributed by atoms with Gasteiger partial charge in [0, 0.05) is 11.8 Å². The maximum Gasteiger partial charge on any atom is 0.238 e. The van der Waals surface area contributed by atoms with E-state index in [0.717, 1.165) is 21.2 Å². The number of hydrogen-bond acceptors (Lipinski definition) is 6. The molecule has 3 N–H and O–H groups in total. The lowest BCUT2D eigenvalue weighted by molar-refractivity contribution is 0.527. The number of rotatable bonds is 3. The fourth-order valence-electron chi connectivity index (χ4n) is 1.18. The van der Waals surface area contributed by atoms with Crippen LogP contribution in [0.25, 0.3) is 0 Å². The van der Waals surface area contributed by atoms with E-state index in [0.29, 0.717) is 5.95 Å². The molecule has 0 aliphatic heterocycles. The van der Waals surface area contributed by atoms with Crippen molar-refractivity contribution < 1.29 is 4.42 Å². The van der Waals surface area contributed by atoms with Crippen molar-refractivity contribution in [2.24, 2.45) is 5.84 Å². The summed E-state index contributed by atoms with van der Waals surface area (Å²) in [5, 5.41) is 0.868. The number of nitrogens with zero attached hydrogens (tertiary/aromatic N) is 2. The fourth-order valence-corrected chi connectivity index (χ4v) is 2.05. The maximum absolute atomic E-state index is 5.27. The summed E-state index contributed by atoms with van der Waals surface area (Å²) in [5.41, 5.74) is 3.43. The van der Waals surface area contributed by atoms with Gasteiger partial charge in [0.2, 0.25) is 5.95 Å². The highest BCUT2D eigenvalue weighted by atomic mass is 32.2. The Bertz CT molecular complexity index is 497. The van der Waals surface area contributed by atoms with Gasteiger partial charge in [-0.3, -0.25) is 5.43 Å². The summed E-state index contributed by atoms with van der Waals surface area (Å²) in [6, 6.07) is 1.91. The van der Waals surface area contributed by atoms with Gasteiger partial charge >= 0.3 is 0 Å². The summed E-state index contributed by atoms with van der Waals surface area (Å²) in [7, 11) is 0. The molecule has 0 saturated heterocycles. The molecule has 0 spiro atoms. The van der Waals surface area contributed by atoms with Gasteiger partial charge in [-0.05, 0) is 19.9 Å². The Labute approximate surface area is 97.4 Å². The molecule has 0 radical (unpaired) electrons. The topological polar surface area (TPSA) is 77.0 Å². The smallest absolute Gasteiger partial charge is 0.238 e. The van der Waals surface area contributed by atoms with Crippen LogP contribution in [0.2, 0.25) is 0 Å². The van der Waals surface area contributed by atoms with E-state index in [1.165, 1.54) is 11.8 Å². The maximum atomic E-state index is 5.27. The predicted octanol–water partition coefficient (Wildman–Crippen LogP) is 2.12. The first-order valence-electron chi connectivity index (χ1n) is 4.73. The van der Waals surface area contributed by atoms with E-state index < -0.39 is 0 Å². The molecule has 16 heavy (non-hydrogen) atoms. The molecular weight excluding hydrogens is 224 g/mol. The Morgan fingerprint density at radius 3 is 2.88 bits per heavy atom. The number of nitrogen functional groups attached to an aromatic ring is 1. The average molecular weight is 236 g/mol. The summed E-state index contributed by atoms with van der Waals surface area (Å²) >= 11 is 1.54. The number of aromatic nitrogens is 2. The van der Waals surface area contributed by atoms with Crippen LogP contribution in [0.5, 0.6) is 0 Å². The molecule has 0 unspecified atom stereocenters. The lowest BCUT2D eigenvalue weighted by Gasteiger charge is -2.05. The van der Waals surface area contributed by atoms with Crippen LogP contribution >= 0.6 is 11.8 Å². The van der Waals surface area contributed by atoms with Crippen LogP contribution in [0.4, 0.5) is 5.95 Å². The zero-order valence-electron chi connectivity index (χ0n) is 9.02. The number of hydrazine groups is 1. The molecule has 5 nitrogen and oxygen atoms in total. The normalized spacial score (nSPS) is 10.4. The van der Waals surface area contributed by atoms with Crippen molar-refractivity contribution in [2.45, 2.75) is 23.8 Å². The zero-order valence-corrected chi connectivity index (χ0v) is 9.84. The van der Waals surface area contributed by atoms with Crippen molar-refractivity contribution in [1.29, 1.82) is 0 Å². The van der Waals surface area contributed by atoms with E-state index in [4.69, 9.17) is 10.3 Å². The van der Waals surface area contributed by atoms with Crippen molar-refractivity contribution in [2.75, 3.05) is 5.43 Å². The van der Waals surface area contributed by atoms with Crippen LogP contribution in [0.1, 0.15) is 11.3 Å². The van der Waals surface area contributed by atoms with E-state index in [1.54, 1.807) is 12.5 Å². The second-order valence-corrected chi connectivity index (χ2v) is 4.30. The molecule has 0 aromatic carbocycles. The monoisotopic (exact) mass is 236 g/mol. The third-order valence-corrected chi connectivity index (χ3v) is 3.32. The summed E-state index contributed by atoms with van der Waals surface area (Å²) in [5.74, 6) is 6.56. The van der Waals surface area contributed by atoms with E-state index in [1.807, 2.05) is 19.9 Å². The van der Waals surface area contributed by atoms with Gasteiger partial charge in [0.1, 0.15) is 10.8 Å². The average Bonchev–Trinajstić information content (AvgIpc) is 2.68. The minimum Gasteiger partial charge on any atom is -0.468 e. The lowest BCUT2D eigenvalue weighted by Crippen LogP contribution is -2.10. The predicted molar refractivity (Wildman–Crippen MR) is 62.1 cm³/mol. The summed E-state index contributed by atoms with van der Waals surface area (Å²) in [6.07, 6.45) is 3.40. The van der Waals surface area contributed by atoms with Crippen molar-refractivity contribution in [3.05, 3.63) is 29.9 Å². The molecular formula is C10H12N4OS. The van der Waals surface area contributed by atoms with Crippen LogP contribution in [-0.2, 0) is 0 Å². The Hall–Kier alpha value is -1.53. The molecule has 2 heterocycles. The Morgan fingerprint density at radius 1 is 1.44 bits per heavy atom. The summed E-state index contributed by atoms with van der Waals surface area (Å²) in [6.45, 7) is 3.87. The molecule has 0 aliphatic rings. The van der Waals surface area contributed by atoms with Gasteiger partial charge in [0.25, 0.3) is 0 Å². The van der Waals surface area contributed by atoms with Gasteiger partial charge in [0.05, 0.1) is 11.2 Å². The van der Waals surface area contributed by atoms with Gasteiger partial charge in [-0.15, -0.1) is 0 Å². The lowest BCUT2D eigenvalue weighted by atomic mass is 10.4. The number of anilines is 1. The van der Waals surface area contributed by atoms with Gasteiger partial charge in [-0.25, -0.2) is 15.8 Å². The van der Waals surface area contributed by atoms with Crippen molar-refractivity contribution in [1.82, 2.24) is 9.97 Å². The minimum atomic E-state index is 0.411. The van der Waals surface area contributed by atoms with Crippen LogP contribution in [0.3, 0.4) is 0 Å². The molecule has 0 fully saturated rings. The van der Waals surface area contributed by atoms with E-state index >= 15 is 0 Å². The molecule has 2 aromatic rings. The molecule has 0 atom stereocenters. The van der Waals surface area contributed by atoms with Gasteiger partial charge in [-0.2, -0.15) is 0 Å². The largest absolute Gasteiger partial charge is 0.468 e. The van der Waals surface area contributed by atoms with Crippen LogP contribution < -0.4 is 11.3 Å². The SMILES string of the molecule is Cc1cnc(NN)nc1Sc1ccoc1C. The molecule has 2 rings (SSSR count). The number of hydrogen-bond donors (Lipinski definition) is 2. The zero-order chi connectivity index (χ0) is 11.5. The first-order chi connectivity index (χ1) is 7.70. The van der Waals surface area contributed by atoms with E-state index in [9.17, 15) is 0 Å². The minimum absolute atomic E-state index is 0.411. The Morgan fingerprint density at radius 2 is 2.25 bits per heavy atom. The quantitative estimate of drug-likeness (QED) is 0.483. The molecule has 84 valence electrons. The third kappa shape index (κ3) is 2.17.